The van der Waals surface area contributed by atoms with E-state index >= 15 is 0 Å². The molecule has 0 spiro atoms. The molecular weight excluding hydrogens is 362 g/mol. The van der Waals surface area contributed by atoms with Crippen LogP contribution in [0.3, 0.4) is 0 Å². The van der Waals surface area contributed by atoms with E-state index in [1.54, 1.807) is 11.0 Å². The highest BCUT2D eigenvalue weighted by molar-refractivity contribution is 5.95. The molecule has 1 heterocycles. The summed E-state index contributed by atoms with van der Waals surface area (Å²) >= 11 is 0. The molecule has 0 unspecified atom stereocenters. The van der Waals surface area contributed by atoms with Crippen molar-refractivity contribution in [3.05, 3.63) is 65.2 Å². The van der Waals surface area contributed by atoms with Crippen molar-refractivity contribution in [1.29, 1.82) is 0 Å². The summed E-state index contributed by atoms with van der Waals surface area (Å²) in [5, 5.41) is 2.86. The molecule has 29 heavy (non-hydrogen) atoms. The number of benzene rings is 2. The lowest BCUT2D eigenvalue weighted by Crippen LogP contribution is -2.33. The molecule has 0 atom stereocenters. The van der Waals surface area contributed by atoms with Gasteiger partial charge in [0.25, 0.3) is 5.91 Å². The smallest absolute Gasteiger partial charge is 0.251 e. The second-order valence-corrected chi connectivity index (χ2v) is 7.75. The van der Waals surface area contributed by atoms with Crippen LogP contribution >= 0.6 is 0 Å². The van der Waals surface area contributed by atoms with Gasteiger partial charge in [-0.15, -0.1) is 0 Å². The Labute approximate surface area is 173 Å². The Balaban J connectivity index is 1.52. The monoisotopic (exact) mass is 393 g/mol. The molecule has 5 heteroatoms. The summed E-state index contributed by atoms with van der Waals surface area (Å²) in [6, 6.07) is 15.8. The van der Waals surface area contributed by atoms with Gasteiger partial charge in [0.05, 0.1) is 0 Å². The highest BCUT2D eigenvalue weighted by Crippen LogP contribution is 2.25. The molecule has 0 aliphatic carbocycles. The number of aryl methyl sites for hydroxylation is 1. The number of nitrogens with zero attached hydrogens (tertiary/aromatic N) is 2. The minimum Gasteiger partial charge on any atom is -0.371 e. The molecule has 2 aromatic carbocycles. The van der Waals surface area contributed by atoms with Gasteiger partial charge in [0.2, 0.25) is 5.91 Å². The number of carbonyl (C=O) groups is 2. The Bertz CT molecular complexity index is 844. The van der Waals surface area contributed by atoms with Gasteiger partial charge >= 0.3 is 0 Å². The second-order valence-electron chi connectivity index (χ2n) is 7.75. The molecule has 2 aromatic rings. The van der Waals surface area contributed by atoms with Crippen LogP contribution in [0, 0.1) is 6.92 Å². The molecule has 0 saturated carbocycles. The summed E-state index contributed by atoms with van der Waals surface area (Å²) in [7, 11) is 1.83. The molecule has 5 nitrogen and oxygen atoms in total. The number of nitrogens with one attached hydrogen (secondary N) is 1. The quantitative estimate of drug-likeness (QED) is 0.779. The van der Waals surface area contributed by atoms with Crippen LogP contribution in [-0.4, -0.2) is 43.4 Å². The first-order valence-corrected chi connectivity index (χ1v) is 10.5. The number of rotatable bonds is 7. The van der Waals surface area contributed by atoms with E-state index < -0.39 is 0 Å². The highest BCUT2D eigenvalue weighted by atomic mass is 16.2. The molecule has 1 aliphatic rings. The SMILES string of the molecule is Cc1ccccc1C(=O)NCCC(=O)N(C)Cc1ccccc1N1CCCCC1. The fraction of sp³-hybridized carbons (Fsp3) is 0.417. The Morgan fingerprint density at radius 2 is 1.69 bits per heavy atom. The lowest BCUT2D eigenvalue weighted by molar-refractivity contribution is -0.130. The summed E-state index contributed by atoms with van der Waals surface area (Å²) in [4.78, 5) is 29.0. The van der Waals surface area contributed by atoms with Crippen molar-refractivity contribution in [2.45, 2.75) is 39.2 Å². The fourth-order valence-electron chi connectivity index (χ4n) is 3.83. The van der Waals surface area contributed by atoms with E-state index in [0.29, 0.717) is 25.1 Å². The summed E-state index contributed by atoms with van der Waals surface area (Å²) in [5.41, 5.74) is 4.00. The molecular formula is C24H31N3O2. The van der Waals surface area contributed by atoms with Crippen LogP contribution in [0.25, 0.3) is 0 Å². The fourth-order valence-corrected chi connectivity index (χ4v) is 3.83. The van der Waals surface area contributed by atoms with Crippen LogP contribution < -0.4 is 10.2 Å². The van der Waals surface area contributed by atoms with Gasteiger partial charge in [-0.25, -0.2) is 0 Å². The minimum absolute atomic E-state index is 0.0310. The Morgan fingerprint density at radius 3 is 2.45 bits per heavy atom. The first-order valence-electron chi connectivity index (χ1n) is 10.5. The zero-order valence-electron chi connectivity index (χ0n) is 17.5. The first-order chi connectivity index (χ1) is 14.1. The van der Waals surface area contributed by atoms with Crippen molar-refractivity contribution in [1.82, 2.24) is 10.2 Å². The molecule has 1 N–H and O–H groups in total. The van der Waals surface area contributed by atoms with Gasteiger partial charge in [-0.05, 0) is 49.4 Å². The third kappa shape index (κ3) is 5.59. The van der Waals surface area contributed by atoms with Gasteiger partial charge in [0, 0.05) is 50.9 Å². The molecule has 1 saturated heterocycles. The summed E-state index contributed by atoms with van der Waals surface area (Å²) in [5.74, 6) is -0.0995. The number of anilines is 1. The van der Waals surface area contributed by atoms with Gasteiger partial charge in [0.1, 0.15) is 0 Å². The van der Waals surface area contributed by atoms with E-state index in [4.69, 9.17) is 0 Å². The average Bonchev–Trinajstić information content (AvgIpc) is 2.75. The number of piperidine rings is 1. The number of para-hydroxylation sites is 1. The number of amides is 2. The molecule has 1 fully saturated rings. The van der Waals surface area contributed by atoms with Crippen molar-refractivity contribution >= 4 is 17.5 Å². The van der Waals surface area contributed by atoms with Crippen molar-refractivity contribution in [3.8, 4) is 0 Å². The van der Waals surface area contributed by atoms with Crippen molar-refractivity contribution in [3.63, 3.8) is 0 Å². The van der Waals surface area contributed by atoms with Crippen LogP contribution in [-0.2, 0) is 11.3 Å². The molecule has 0 bridgehead atoms. The van der Waals surface area contributed by atoms with Crippen LogP contribution in [0.1, 0.15) is 47.2 Å². The first kappa shape index (κ1) is 20.9. The molecule has 154 valence electrons. The van der Waals surface area contributed by atoms with Crippen LogP contribution in [0.2, 0.25) is 0 Å². The van der Waals surface area contributed by atoms with E-state index in [0.717, 1.165) is 18.7 Å². The van der Waals surface area contributed by atoms with Gasteiger partial charge in [-0.3, -0.25) is 9.59 Å². The second kappa shape index (κ2) is 10.1. The largest absolute Gasteiger partial charge is 0.371 e. The van der Waals surface area contributed by atoms with E-state index in [1.165, 1.54) is 30.5 Å². The van der Waals surface area contributed by atoms with Gasteiger partial charge < -0.3 is 15.1 Å². The predicted molar refractivity (Wildman–Crippen MR) is 117 cm³/mol. The topological polar surface area (TPSA) is 52.7 Å². The molecule has 2 amide bonds. The number of hydrogen-bond donors (Lipinski definition) is 1. The lowest BCUT2D eigenvalue weighted by atomic mass is 10.1. The zero-order valence-corrected chi connectivity index (χ0v) is 17.5. The standard InChI is InChI=1S/C24H31N3O2/c1-19-10-4-6-12-21(19)24(29)25-15-14-23(28)26(2)18-20-11-5-7-13-22(20)27-16-8-3-9-17-27/h4-7,10-13H,3,8-9,14-18H2,1-2H3,(H,25,29). The molecule has 0 aromatic heterocycles. The summed E-state index contributed by atoms with van der Waals surface area (Å²) < 4.78 is 0. The third-order valence-electron chi connectivity index (χ3n) is 5.54. The Kier molecular flexibility index (Phi) is 7.28. The maximum atomic E-state index is 12.6. The van der Waals surface area contributed by atoms with Crippen molar-refractivity contribution < 1.29 is 9.59 Å². The van der Waals surface area contributed by atoms with Crippen LogP contribution in [0.5, 0.6) is 0 Å². The average molecular weight is 394 g/mol. The van der Waals surface area contributed by atoms with Crippen LogP contribution in [0.15, 0.2) is 48.5 Å². The molecule has 3 rings (SSSR count). The summed E-state index contributed by atoms with van der Waals surface area (Å²) in [6.45, 7) is 4.99. The summed E-state index contributed by atoms with van der Waals surface area (Å²) in [6.07, 6.45) is 4.04. The van der Waals surface area contributed by atoms with E-state index in [9.17, 15) is 9.59 Å². The molecule has 0 radical (unpaired) electrons. The maximum absolute atomic E-state index is 12.6. The van der Waals surface area contributed by atoms with E-state index in [-0.39, 0.29) is 11.8 Å². The zero-order chi connectivity index (χ0) is 20.6. The predicted octanol–water partition coefficient (Wildman–Crippen LogP) is 3.76. The van der Waals surface area contributed by atoms with E-state index in [2.05, 4.69) is 28.4 Å². The minimum atomic E-state index is -0.131. The third-order valence-corrected chi connectivity index (χ3v) is 5.54. The van der Waals surface area contributed by atoms with Crippen molar-refractivity contribution in [2.75, 3.05) is 31.6 Å². The van der Waals surface area contributed by atoms with Crippen molar-refractivity contribution in [2.24, 2.45) is 0 Å². The van der Waals surface area contributed by atoms with Gasteiger partial charge in [0.15, 0.2) is 0 Å². The number of hydrogen-bond acceptors (Lipinski definition) is 3. The highest BCUT2D eigenvalue weighted by Gasteiger charge is 2.17. The Morgan fingerprint density at radius 1 is 1.00 bits per heavy atom. The van der Waals surface area contributed by atoms with Gasteiger partial charge in [-0.2, -0.15) is 0 Å². The van der Waals surface area contributed by atoms with Gasteiger partial charge in [-0.1, -0.05) is 36.4 Å². The molecule has 1 aliphatic heterocycles. The number of carbonyl (C=O) groups excluding carboxylic acids is 2. The maximum Gasteiger partial charge on any atom is 0.251 e. The van der Waals surface area contributed by atoms with Crippen LogP contribution in [0.4, 0.5) is 5.69 Å². The normalized spacial score (nSPS) is 13.8. The lowest BCUT2D eigenvalue weighted by Gasteiger charge is -2.31. The van der Waals surface area contributed by atoms with E-state index in [1.807, 2.05) is 38.2 Å². The Hall–Kier alpha value is -2.82.